The van der Waals surface area contributed by atoms with E-state index in [4.69, 9.17) is 17.3 Å². The number of aliphatic hydroxyl groups is 1. The lowest BCUT2D eigenvalue weighted by Gasteiger charge is -2.52. The fraction of sp³-hybridized carbons (Fsp3) is 0.577. The summed E-state index contributed by atoms with van der Waals surface area (Å²) in [6.45, 7) is 4.43. The molecule has 200 valence electrons. The summed E-state index contributed by atoms with van der Waals surface area (Å²) in [5.41, 5.74) is 3.51. The van der Waals surface area contributed by atoms with Crippen molar-refractivity contribution in [2.45, 2.75) is 50.9 Å². The highest BCUT2D eigenvalue weighted by Gasteiger charge is 2.69. The highest BCUT2D eigenvalue weighted by molar-refractivity contribution is 6.34. The first-order valence-electron chi connectivity index (χ1n) is 12.2. The van der Waals surface area contributed by atoms with Crippen molar-refractivity contribution < 1.29 is 34.2 Å². The van der Waals surface area contributed by atoms with E-state index in [1.54, 1.807) is 14.1 Å². The van der Waals surface area contributed by atoms with Gasteiger partial charge in [-0.15, -0.1) is 0 Å². The van der Waals surface area contributed by atoms with E-state index in [0.29, 0.717) is 22.7 Å². The Morgan fingerprint density at radius 2 is 1.81 bits per heavy atom. The smallest absolute Gasteiger partial charge is 0.235 e. The van der Waals surface area contributed by atoms with Gasteiger partial charge in [0.1, 0.15) is 5.75 Å². The van der Waals surface area contributed by atoms with Gasteiger partial charge in [-0.3, -0.25) is 33.8 Å². The number of aromatic hydroxyl groups is 1. The van der Waals surface area contributed by atoms with Crippen LogP contribution in [0.5, 0.6) is 5.75 Å². The fourth-order valence-electron chi connectivity index (χ4n) is 6.27. The van der Waals surface area contributed by atoms with Gasteiger partial charge in [-0.1, -0.05) is 11.6 Å². The van der Waals surface area contributed by atoms with Crippen molar-refractivity contribution in [1.82, 2.24) is 9.80 Å². The molecule has 0 heterocycles. The summed E-state index contributed by atoms with van der Waals surface area (Å²) in [4.78, 5) is 69.3. The monoisotopic (exact) mass is 533 g/mol. The summed E-state index contributed by atoms with van der Waals surface area (Å²) in [6, 6.07) is 0.456. The maximum Gasteiger partial charge on any atom is 0.235 e. The first-order valence-corrected chi connectivity index (χ1v) is 12.6. The molecule has 0 radical (unpaired) electrons. The van der Waals surface area contributed by atoms with Crippen molar-refractivity contribution in [2.24, 2.45) is 29.4 Å². The van der Waals surface area contributed by atoms with Gasteiger partial charge in [-0.05, 0) is 70.9 Å². The Morgan fingerprint density at radius 1 is 1.19 bits per heavy atom. The minimum absolute atomic E-state index is 0.0168. The van der Waals surface area contributed by atoms with Crippen LogP contribution in [0.3, 0.4) is 0 Å². The number of amides is 1. The van der Waals surface area contributed by atoms with Gasteiger partial charge in [0.2, 0.25) is 5.91 Å². The van der Waals surface area contributed by atoms with Gasteiger partial charge in [0, 0.05) is 23.5 Å². The molecule has 0 spiro atoms. The number of phenols is 1. The van der Waals surface area contributed by atoms with Gasteiger partial charge in [0.05, 0.1) is 17.5 Å². The molecule has 4 N–H and O–H groups in total. The number of nitrogens with zero attached hydrogens (tertiary/aromatic N) is 2. The number of Topliss-reactive ketones (excluding diaryl/α,β-unsaturated/α-hetero) is 4. The topological polar surface area (TPSA) is 158 Å². The largest absolute Gasteiger partial charge is 0.507 e. The molecule has 3 aliphatic rings. The zero-order chi connectivity index (χ0) is 27.7. The van der Waals surface area contributed by atoms with Crippen LogP contribution in [0.25, 0.3) is 0 Å². The summed E-state index contributed by atoms with van der Waals surface area (Å²) in [5, 5.41) is 22.7. The van der Waals surface area contributed by atoms with Crippen molar-refractivity contribution in [3.8, 4) is 5.75 Å². The lowest BCUT2D eigenvalue weighted by atomic mass is 9.52. The third kappa shape index (κ3) is 3.93. The molecule has 10 nitrogen and oxygen atoms in total. The van der Waals surface area contributed by atoms with Crippen LogP contribution in [0.4, 0.5) is 0 Å². The lowest BCUT2D eigenvalue weighted by molar-refractivity contribution is -0.181. The summed E-state index contributed by atoms with van der Waals surface area (Å²) < 4.78 is 0. The van der Waals surface area contributed by atoms with Crippen LogP contribution in [-0.2, 0) is 32.1 Å². The van der Waals surface area contributed by atoms with E-state index in [1.807, 2.05) is 25.8 Å². The molecule has 2 unspecified atom stereocenters. The minimum atomic E-state index is -2.74. The molecule has 0 saturated heterocycles. The third-order valence-electron chi connectivity index (χ3n) is 8.37. The maximum absolute atomic E-state index is 13.8. The molecule has 0 aromatic heterocycles. The Kier molecular flexibility index (Phi) is 6.86. The van der Waals surface area contributed by atoms with Crippen LogP contribution in [0, 0.1) is 23.7 Å². The number of carbonyl (C=O) groups excluding carboxylic acids is 5. The summed E-state index contributed by atoms with van der Waals surface area (Å²) >= 11 is 6.73. The average molecular weight is 534 g/mol. The standard InChI is InChI=1S/C26H32ClN3O7/c1-10(2)30(5)9-12-8-15(31)17-13(19(12)27)6-11-7-14-20(29(3)4)22(33)18(25(28)36)24(35)26(14,37)23(34)16(11)21(17)32/h8,10-11,14,16,18,20,31,37H,6-7,9H2,1-5H3,(H2,28,36)/t11-,14-,16?,18?,20-,26-/m0/s1. The van der Waals surface area contributed by atoms with Gasteiger partial charge in [-0.2, -0.15) is 0 Å². The Morgan fingerprint density at radius 3 is 2.35 bits per heavy atom. The van der Waals surface area contributed by atoms with E-state index in [-0.39, 0.29) is 30.2 Å². The minimum Gasteiger partial charge on any atom is -0.507 e. The maximum atomic E-state index is 13.8. The van der Waals surface area contributed by atoms with E-state index in [2.05, 4.69) is 0 Å². The molecule has 3 aliphatic carbocycles. The number of benzene rings is 1. The Balaban J connectivity index is 1.83. The third-order valence-corrected chi connectivity index (χ3v) is 8.84. The van der Waals surface area contributed by atoms with E-state index in [1.165, 1.54) is 11.0 Å². The second-order valence-electron chi connectivity index (χ2n) is 11.0. The predicted molar refractivity (Wildman–Crippen MR) is 133 cm³/mol. The molecule has 4 rings (SSSR count). The zero-order valence-electron chi connectivity index (χ0n) is 21.4. The first-order chi connectivity index (χ1) is 17.1. The van der Waals surface area contributed by atoms with Crippen LogP contribution in [0.1, 0.15) is 41.8 Å². The molecule has 11 heteroatoms. The average Bonchev–Trinajstić information content (AvgIpc) is 2.78. The van der Waals surface area contributed by atoms with Gasteiger partial charge < -0.3 is 15.9 Å². The number of halogens is 1. The quantitative estimate of drug-likeness (QED) is 0.454. The number of fused-ring (bicyclic) bond motifs is 3. The number of nitrogens with two attached hydrogens (primary N) is 1. The number of rotatable bonds is 5. The normalized spacial score (nSPS) is 31.6. The molecular weight excluding hydrogens is 502 g/mol. The number of phenolic OH excluding ortho intramolecular Hbond substituents is 1. The van der Waals surface area contributed by atoms with E-state index in [0.717, 1.165) is 0 Å². The van der Waals surface area contributed by atoms with Gasteiger partial charge >= 0.3 is 0 Å². The second kappa shape index (κ2) is 9.27. The SMILES string of the molecule is CC(C)N(C)Cc1cc(O)c2c(c1Cl)C[C@H]1C[C@H]3[C@H](N(C)C)C(=O)C(C(N)=O)C(=O)[C@@]3(O)C(=O)C1C2=O. The first kappa shape index (κ1) is 27.4. The number of hydrogen-bond donors (Lipinski definition) is 3. The molecular formula is C26H32ClN3O7. The van der Waals surface area contributed by atoms with Crippen LogP contribution < -0.4 is 5.73 Å². The molecule has 0 bridgehead atoms. The summed E-state index contributed by atoms with van der Waals surface area (Å²) in [6.07, 6.45) is 0.120. The van der Waals surface area contributed by atoms with Crippen LogP contribution in [0.15, 0.2) is 6.07 Å². The summed E-state index contributed by atoms with van der Waals surface area (Å²) in [5.74, 6) is -10.7. The summed E-state index contributed by atoms with van der Waals surface area (Å²) in [7, 11) is 4.99. The Labute approximate surface area is 219 Å². The molecule has 1 aromatic rings. The molecule has 6 atom stereocenters. The van der Waals surface area contributed by atoms with Crippen molar-refractivity contribution in [3.63, 3.8) is 0 Å². The van der Waals surface area contributed by atoms with Crippen LogP contribution in [-0.4, -0.2) is 87.9 Å². The number of likely N-dealkylation sites (N-methyl/N-ethyl adjacent to an activating group) is 1. The van der Waals surface area contributed by atoms with Crippen molar-refractivity contribution in [3.05, 3.63) is 27.8 Å². The van der Waals surface area contributed by atoms with Crippen molar-refractivity contribution in [2.75, 3.05) is 21.1 Å². The highest BCUT2D eigenvalue weighted by atomic mass is 35.5. The van der Waals surface area contributed by atoms with Gasteiger partial charge in [-0.25, -0.2) is 0 Å². The Hall–Kier alpha value is -2.66. The van der Waals surface area contributed by atoms with E-state index in [9.17, 15) is 34.2 Å². The number of carbonyl (C=O) groups is 5. The number of hydrogen-bond acceptors (Lipinski definition) is 9. The van der Waals surface area contributed by atoms with Crippen molar-refractivity contribution >= 4 is 40.6 Å². The molecule has 2 saturated carbocycles. The van der Waals surface area contributed by atoms with Gasteiger partial charge in [0.25, 0.3) is 0 Å². The molecule has 2 fully saturated rings. The van der Waals surface area contributed by atoms with Crippen molar-refractivity contribution in [1.29, 1.82) is 0 Å². The number of ketones is 4. The fourth-order valence-corrected chi connectivity index (χ4v) is 6.56. The Bertz CT molecular complexity index is 1230. The molecule has 1 aromatic carbocycles. The van der Waals surface area contributed by atoms with Gasteiger partial charge in [0.15, 0.2) is 34.7 Å². The molecule has 1 amide bonds. The second-order valence-corrected chi connectivity index (χ2v) is 11.4. The van der Waals surface area contributed by atoms with E-state index >= 15 is 0 Å². The predicted octanol–water partition coefficient (Wildman–Crippen LogP) is 0.361. The number of primary amides is 1. The highest BCUT2D eigenvalue weighted by Crippen LogP contribution is 2.51. The molecule has 37 heavy (non-hydrogen) atoms. The van der Waals surface area contributed by atoms with E-state index < -0.39 is 64.4 Å². The van der Waals surface area contributed by atoms with Crippen LogP contribution >= 0.6 is 11.6 Å². The zero-order valence-corrected chi connectivity index (χ0v) is 22.2. The van der Waals surface area contributed by atoms with Crippen LogP contribution in [0.2, 0.25) is 5.02 Å². The molecule has 0 aliphatic heterocycles. The lowest BCUT2D eigenvalue weighted by Crippen LogP contribution is -2.74.